The minimum atomic E-state index is -3.51. The second kappa shape index (κ2) is 6.84. The number of nitrogens with zero attached hydrogens (tertiary/aromatic N) is 2. The number of sulfonamides is 1. The Kier molecular flexibility index (Phi) is 5.11. The smallest absolute Gasteiger partial charge is 0.240 e. The second-order valence-corrected chi connectivity index (χ2v) is 6.61. The summed E-state index contributed by atoms with van der Waals surface area (Å²) in [6.07, 6.45) is 3.53. The quantitative estimate of drug-likeness (QED) is 0.791. The van der Waals surface area contributed by atoms with Crippen LogP contribution in [-0.4, -0.2) is 24.7 Å². The molecule has 0 amide bonds. The van der Waals surface area contributed by atoms with Crippen molar-refractivity contribution in [1.29, 1.82) is 0 Å². The Balaban J connectivity index is 2.01. The van der Waals surface area contributed by atoms with Gasteiger partial charge < -0.3 is 5.73 Å². The fourth-order valence-corrected chi connectivity index (χ4v) is 2.95. The molecule has 2 rings (SSSR count). The summed E-state index contributed by atoms with van der Waals surface area (Å²) in [5.74, 6) is 0. The number of hydrogen-bond donors (Lipinski definition) is 2. The molecule has 1 heterocycles. The summed E-state index contributed by atoms with van der Waals surface area (Å²) in [4.78, 5) is 0.259. The van der Waals surface area contributed by atoms with Gasteiger partial charge in [-0.05, 0) is 43.1 Å². The summed E-state index contributed by atoms with van der Waals surface area (Å²) in [6.45, 7) is 0.809. The number of nitrogens with two attached hydrogens (primary N) is 1. The van der Waals surface area contributed by atoms with Crippen LogP contribution in [0.3, 0.4) is 0 Å². The van der Waals surface area contributed by atoms with E-state index >= 15 is 0 Å². The first-order chi connectivity index (χ1) is 10.0. The van der Waals surface area contributed by atoms with E-state index in [9.17, 15) is 8.42 Å². The molecule has 0 radical (unpaired) electrons. The zero-order valence-corrected chi connectivity index (χ0v) is 12.8. The largest absolute Gasteiger partial charge is 0.330 e. The topological polar surface area (TPSA) is 90.0 Å². The highest BCUT2D eigenvalue weighted by molar-refractivity contribution is 7.89. The fourth-order valence-electron chi connectivity index (χ4n) is 1.95. The van der Waals surface area contributed by atoms with Crippen molar-refractivity contribution >= 4 is 10.0 Å². The van der Waals surface area contributed by atoms with Gasteiger partial charge in [-0.3, -0.25) is 4.68 Å². The SMILES string of the molecule is Cn1ccc(CNS(=O)(=O)c2ccc(CCCN)cc2)n1. The maximum atomic E-state index is 12.2. The predicted molar refractivity (Wildman–Crippen MR) is 81.1 cm³/mol. The lowest BCUT2D eigenvalue weighted by atomic mass is 10.1. The summed E-state index contributed by atoms with van der Waals surface area (Å²) in [6, 6.07) is 8.66. The van der Waals surface area contributed by atoms with Gasteiger partial charge in [0.25, 0.3) is 0 Å². The van der Waals surface area contributed by atoms with E-state index in [0.29, 0.717) is 12.2 Å². The number of rotatable bonds is 7. The van der Waals surface area contributed by atoms with E-state index in [4.69, 9.17) is 5.73 Å². The summed E-state index contributed by atoms with van der Waals surface area (Å²) in [5, 5.41) is 4.13. The van der Waals surface area contributed by atoms with Crippen molar-refractivity contribution in [2.45, 2.75) is 24.3 Å². The Morgan fingerprint density at radius 2 is 1.95 bits per heavy atom. The highest BCUT2D eigenvalue weighted by Gasteiger charge is 2.14. The Labute approximate surface area is 125 Å². The first-order valence-corrected chi connectivity index (χ1v) is 8.27. The monoisotopic (exact) mass is 308 g/mol. The van der Waals surface area contributed by atoms with Crippen LogP contribution < -0.4 is 10.5 Å². The van der Waals surface area contributed by atoms with Gasteiger partial charge in [0, 0.05) is 13.2 Å². The van der Waals surface area contributed by atoms with Crippen LogP contribution in [0.4, 0.5) is 0 Å². The highest BCUT2D eigenvalue weighted by Crippen LogP contribution is 2.12. The van der Waals surface area contributed by atoms with E-state index in [1.54, 1.807) is 36.1 Å². The van der Waals surface area contributed by atoms with Gasteiger partial charge in [0.05, 0.1) is 17.1 Å². The van der Waals surface area contributed by atoms with E-state index in [0.717, 1.165) is 18.4 Å². The Morgan fingerprint density at radius 1 is 1.24 bits per heavy atom. The van der Waals surface area contributed by atoms with Gasteiger partial charge in [0.15, 0.2) is 0 Å². The fraction of sp³-hybridized carbons (Fsp3) is 0.357. The van der Waals surface area contributed by atoms with Crippen LogP contribution in [0.5, 0.6) is 0 Å². The molecule has 0 aliphatic heterocycles. The molecular formula is C14H20N4O2S. The molecule has 0 unspecified atom stereocenters. The lowest BCUT2D eigenvalue weighted by Gasteiger charge is -2.06. The summed E-state index contributed by atoms with van der Waals surface area (Å²) in [7, 11) is -1.72. The molecule has 0 saturated carbocycles. The van der Waals surface area contributed by atoms with Gasteiger partial charge in [0.2, 0.25) is 10.0 Å². The van der Waals surface area contributed by atoms with Gasteiger partial charge in [-0.2, -0.15) is 5.10 Å². The molecule has 0 spiro atoms. The van der Waals surface area contributed by atoms with Gasteiger partial charge in [-0.15, -0.1) is 0 Å². The third kappa shape index (κ3) is 4.38. The lowest BCUT2D eigenvalue weighted by molar-refractivity contribution is 0.579. The molecule has 0 bridgehead atoms. The number of hydrogen-bond acceptors (Lipinski definition) is 4. The van der Waals surface area contributed by atoms with Gasteiger partial charge >= 0.3 is 0 Å². The molecule has 0 saturated heterocycles. The molecule has 0 aliphatic rings. The molecule has 114 valence electrons. The summed E-state index contributed by atoms with van der Waals surface area (Å²) >= 11 is 0. The maximum Gasteiger partial charge on any atom is 0.240 e. The van der Waals surface area contributed by atoms with Gasteiger partial charge in [0.1, 0.15) is 0 Å². The van der Waals surface area contributed by atoms with Crippen molar-refractivity contribution in [3.05, 3.63) is 47.8 Å². The van der Waals surface area contributed by atoms with Crippen molar-refractivity contribution in [1.82, 2.24) is 14.5 Å². The normalized spacial score (nSPS) is 11.7. The molecule has 0 atom stereocenters. The molecule has 2 aromatic rings. The lowest BCUT2D eigenvalue weighted by Crippen LogP contribution is -2.23. The van der Waals surface area contributed by atoms with E-state index < -0.39 is 10.0 Å². The third-order valence-corrected chi connectivity index (χ3v) is 4.53. The van der Waals surface area contributed by atoms with Crippen LogP contribution in [0.25, 0.3) is 0 Å². The number of aryl methyl sites for hydroxylation is 2. The van der Waals surface area contributed by atoms with Crippen molar-refractivity contribution in [2.75, 3.05) is 6.54 Å². The van der Waals surface area contributed by atoms with Crippen LogP contribution in [0.2, 0.25) is 0 Å². The summed E-state index contributed by atoms with van der Waals surface area (Å²) in [5.41, 5.74) is 7.23. The molecule has 1 aromatic carbocycles. The van der Waals surface area contributed by atoms with Crippen LogP contribution >= 0.6 is 0 Å². The Morgan fingerprint density at radius 3 is 2.52 bits per heavy atom. The Hall–Kier alpha value is -1.70. The molecule has 0 fully saturated rings. The molecular weight excluding hydrogens is 288 g/mol. The maximum absolute atomic E-state index is 12.2. The molecule has 3 N–H and O–H groups in total. The van der Waals surface area contributed by atoms with E-state index in [-0.39, 0.29) is 11.4 Å². The van der Waals surface area contributed by atoms with Gasteiger partial charge in [-0.1, -0.05) is 12.1 Å². The highest BCUT2D eigenvalue weighted by atomic mass is 32.2. The molecule has 0 aliphatic carbocycles. The van der Waals surface area contributed by atoms with Gasteiger partial charge in [-0.25, -0.2) is 13.1 Å². The first kappa shape index (κ1) is 15.7. The second-order valence-electron chi connectivity index (χ2n) is 4.84. The van der Waals surface area contributed by atoms with Crippen LogP contribution in [0, 0.1) is 0 Å². The minimum Gasteiger partial charge on any atom is -0.330 e. The molecule has 21 heavy (non-hydrogen) atoms. The third-order valence-electron chi connectivity index (χ3n) is 3.12. The van der Waals surface area contributed by atoms with Crippen molar-refractivity contribution < 1.29 is 8.42 Å². The van der Waals surface area contributed by atoms with E-state index in [1.165, 1.54) is 0 Å². The van der Waals surface area contributed by atoms with Crippen molar-refractivity contribution in [3.8, 4) is 0 Å². The number of nitrogens with one attached hydrogen (secondary N) is 1. The predicted octanol–water partition coefficient (Wildman–Crippen LogP) is 0.790. The number of benzene rings is 1. The number of aromatic nitrogens is 2. The zero-order chi connectivity index (χ0) is 15.3. The molecule has 6 nitrogen and oxygen atoms in total. The Bertz CT molecular complexity index is 677. The van der Waals surface area contributed by atoms with Crippen molar-refractivity contribution in [3.63, 3.8) is 0 Å². The molecule has 1 aromatic heterocycles. The van der Waals surface area contributed by atoms with E-state index in [2.05, 4.69) is 9.82 Å². The summed E-state index contributed by atoms with van der Waals surface area (Å²) < 4.78 is 28.5. The zero-order valence-electron chi connectivity index (χ0n) is 12.0. The van der Waals surface area contributed by atoms with Crippen LogP contribution in [0.1, 0.15) is 17.7 Å². The molecule has 7 heteroatoms. The van der Waals surface area contributed by atoms with E-state index in [1.807, 2.05) is 12.1 Å². The standard InChI is InChI=1S/C14H20N4O2S/c1-18-10-8-13(17-18)11-16-21(19,20)14-6-4-12(5-7-14)3-2-9-15/h4-8,10,16H,2-3,9,11,15H2,1H3. The first-order valence-electron chi connectivity index (χ1n) is 6.78. The van der Waals surface area contributed by atoms with Crippen LogP contribution in [0.15, 0.2) is 41.4 Å². The average molecular weight is 308 g/mol. The minimum absolute atomic E-state index is 0.179. The van der Waals surface area contributed by atoms with Crippen molar-refractivity contribution in [2.24, 2.45) is 12.8 Å². The van der Waals surface area contributed by atoms with Crippen LogP contribution in [-0.2, 0) is 30.0 Å². The average Bonchev–Trinajstić information content (AvgIpc) is 2.89.